The van der Waals surface area contributed by atoms with Gasteiger partial charge in [-0.25, -0.2) is 21.2 Å². The molecular formula is C27H30F4N2O6S2. The number of aliphatic carboxylic acids is 1. The van der Waals surface area contributed by atoms with Crippen molar-refractivity contribution in [3.05, 3.63) is 65.0 Å². The molecule has 2 aromatic carbocycles. The quantitative estimate of drug-likeness (QED) is 0.214. The third-order valence-corrected chi connectivity index (χ3v) is 10.5. The molecule has 3 rings (SSSR count). The Morgan fingerprint density at radius 3 is 2.29 bits per heavy atom. The van der Waals surface area contributed by atoms with Crippen molar-refractivity contribution in [2.45, 2.75) is 78.9 Å². The number of carboxylic acids is 1. The van der Waals surface area contributed by atoms with Crippen molar-refractivity contribution in [2.24, 2.45) is 4.99 Å². The predicted molar refractivity (Wildman–Crippen MR) is 143 cm³/mol. The molecule has 0 saturated heterocycles. The van der Waals surface area contributed by atoms with Crippen molar-refractivity contribution in [3.63, 3.8) is 0 Å². The van der Waals surface area contributed by atoms with Gasteiger partial charge in [-0.1, -0.05) is 5.57 Å². The van der Waals surface area contributed by atoms with Crippen molar-refractivity contribution in [3.8, 4) is 0 Å². The maximum atomic E-state index is 13.8. The maximum Gasteiger partial charge on any atom is 0.416 e. The van der Waals surface area contributed by atoms with Crippen molar-refractivity contribution in [1.82, 2.24) is 4.31 Å². The molecule has 0 saturated carbocycles. The van der Waals surface area contributed by atoms with Crippen LogP contribution in [0, 0.1) is 5.82 Å². The van der Waals surface area contributed by atoms with Crippen LogP contribution in [-0.2, 0) is 30.8 Å². The van der Waals surface area contributed by atoms with E-state index >= 15 is 0 Å². The molecule has 2 atom stereocenters. The van der Waals surface area contributed by atoms with Gasteiger partial charge in [-0.3, -0.25) is 9.79 Å². The van der Waals surface area contributed by atoms with Crippen molar-refractivity contribution < 1.29 is 44.3 Å². The number of sulfonamides is 1. The van der Waals surface area contributed by atoms with Crippen LogP contribution in [0.5, 0.6) is 0 Å². The van der Waals surface area contributed by atoms with Crippen LogP contribution in [0.3, 0.4) is 0 Å². The molecule has 1 aliphatic rings. The zero-order valence-corrected chi connectivity index (χ0v) is 24.2. The van der Waals surface area contributed by atoms with Gasteiger partial charge in [0.15, 0.2) is 0 Å². The highest BCUT2D eigenvalue weighted by Crippen LogP contribution is 2.36. The van der Waals surface area contributed by atoms with E-state index in [9.17, 15) is 39.2 Å². The van der Waals surface area contributed by atoms with Crippen LogP contribution in [0.15, 0.2) is 73.3 Å². The minimum atomic E-state index is -5.07. The van der Waals surface area contributed by atoms with Crippen molar-refractivity contribution in [1.29, 1.82) is 0 Å². The molecule has 41 heavy (non-hydrogen) atoms. The summed E-state index contributed by atoms with van der Waals surface area (Å²) < 4.78 is 109. The number of hydrogen-bond donors (Lipinski definition) is 1. The third-order valence-electron chi connectivity index (χ3n) is 6.88. The second kappa shape index (κ2) is 12.4. The summed E-state index contributed by atoms with van der Waals surface area (Å²) in [6.07, 6.45) is -1.87. The van der Waals surface area contributed by atoms with E-state index in [1.54, 1.807) is 13.8 Å². The van der Waals surface area contributed by atoms with Crippen molar-refractivity contribution >= 4 is 32.0 Å². The van der Waals surface area contributed by atoms with E-state index in [0.29, 0.717) is 43.0 Å². The Hall–Kier alpha value is -3.10. The van der Waals surface area contributed by atoms with Crippen LogP contribution in [0.2, 0.25) is 0 Å². The number of sulfone groups is 1. The molecule has 0 aromatic heterocycles. The summed E-state index contributed by atoms with van der Waals surface area (Å²) in [7, 11) is -8.11. The fraction of sp³-hybridized carbons (Fsp3) is 0.407. The van der Waals surface area contributed by atoms with E-state index in [1.807, 2.05) is 0 Å². The lowest BCUT2D eigenvalue weighted by atomic mass is 9.89. The number of halogens is 4. The van der Waals surface area contributed by atoms with Gasteiger partial charge in [0.25, 0.3) is 0 Å². The molecule has 1 N–H and O–H groups in total. The minimum Gasteiger partial charge on any atom is -0.481 e. The largest absolute Gasteiger partial charge is 0.481 e. The molecule has 1 aliphatic carbocycles. The highest BCUT2D eigenvalue weighted by Gasteiger charge is 2.37. The smallest absolute Gasteiger partial charge is 0.416 e. The Labute approximate surface area is 236 Å². The van der Waals surface area contributed by atoms with E-state index in [1.165, 1.54) is 13.3 Å². The van der Waals surface area contributed by atoms with Crippen LogP contribution in [0.1, 0.15) is 51.5 Å². The number of hydrogen-bond acceptors (Lipinski definition) is 6. The zero-order valence-electron chi connectivity index (χ0n) is 22.5. The highest BCUT2D eigenvalue weighted by molar-refractivity contribution is 7.91. The lowest BCUT2D eigenvalue weighted by Gasteiger charge is -2.33. The second-order valence-corrected chi connectivity index (χ2v) is 13.8. The van der Waals surface area contributed by atoms with E-state index < -0.39 is 64.1 Å². The summed E-state index contributed by atoms with van der Waals surface area (Å²) >= 11 is 0. The normalized spacial score (nSPS) is 17.8. The van der Waals surface area contributed by atoms with Crippen LogP contribution in [0.4, 0.5) is 17.6 Å². The number of allylic oxidation sites excluding steroid dienone is 1. The van der Waals surface area contributed by atoms with Gasteiger partial charge < -0.3 is 5.11 Å². The number of aliphatic imine (C=N–C) groups is 1. The first-order valence-corrected chi connectivity index (χ1v) is 15.5. The first-order valence-electron chi connectivity index (χ1n) is 12.6. The number of nitrogens with zero attached hydrogens (tertiary/aromatic N) is 2. The molecule has 2 unspecified atom stereocenters. The number of likely N-dealkylation sites (N-methyl/N-ethyl adjacent to an activating group) is 1. The Bertz CT molecular complexity index is 1570. The standard InChI is InChI=1S/C27H30F4N2O6S2/c1-17-5-4-6-25(24(17)16-32-18(2)7-12-26(34)35)33(3)41(38,39)23-14-19(27(29,30)31)13-22(15-23)40(36,37)21-10-8-20(28)9-11-21/h8-11,13-16,18,25H,4-7,12H2,1-3H3,(H,34,35). The predicted octanol–water partition coefficient (Wildman–Crippen LogP) is 5.49. The van der Waals surface area contributed by atoms with Crippen LogP contribution in [-0.4, -0.2) is 57.6 Å². The molecule has 224 valence electrons. The van der Waals surface area contributed by atoms with E-state index in [-0.39, 0.29) is 18.9 Å². The fourth-order valence-corrected chi connectivity index (χ4v) is 7.30. The van der Waals surface area contributed by atoms with E-state index in [0.717, 1.165) is 34.1 Å². The molecule has 8 nitrogen and oxygen atoms in total. The number of carboxylic acid groups (broad SMARTS) is 1. The fourth-order valence-electron chi connectivity index (χ4n) is 4.46. The summed E-state index contributed by atoms with van der Waals surface area (Å²) in [5.74, 6) is -1.74. The van der Waals surface area contributed by atoms with Gasteiger partial charge in [0, 0.05) is 25.7 Å². The van der Waals surface area contributed by atoms with Crippen molar-refractivity contribution in [2.75, 3.05) is 7.05 Å². The molecule has 0 fully saturated rings. The monoisotopic (exact) mass is 618 g/mol. The first-order chi connectivity index (χ1) is 18.9. The van der Waals surface area contributed by atoms with Crippen LogP contribution < -0.4 is 0 Å². The van der Waals surface area contributed by atoms with E-state index in [2.05, 4.69) is 4.99 Å². The van der Waals surface area contributed by atoms with Crippen LogP contribution >= 0.6 is 0 Å². The summed E-state index contributed by atoms with van der Waals surface area (Å²) in [6.45, 7) is 3.49. The molecule has 0 heterocycles. The molecule has 0 aliphatic heterocycles. The van der Waals surface area contributed by atoms with Gasteiger partial charge in [0.05, 0.1) is 26.3 Å². The lowest BCUT2D eigenvalue weighted by molar-refractivity contribution is -0.138. The molecule has 0 bridgehead atoms. The summed E-state index contributed by atoms with van der Waals surface area (Å²) in [6, 6.07) is 3.63. The second-order valence-electron chi connectivity index (χ2n) is 9.87. The average molecular weight is 619 g/mol. The molecule has 0 amide bonds. The van der Waals surface area contributed by atoms with E-state index in [4.69, 9.17) is 5.11 Å². The Kier molecular flexibility index (Phi) is 9.81. The number of alkyl halides is 3. The SMILES string of the molecule is CC1=C(C=NC(C)CCC(=O)O)C(N(C)S(=O)(=O)c2cc(C(F)(F)F)cc(S(=O)(=O)c3ccc(F)cc3)c2)CCC1. The van der Waals surface area contributed by atoms with Crippen LogP contribution in [0.25, 0.3) is 0 Å². The van der Waals surface area contributed by atoms with Gasteiger partial charge in [0.1, 0.15) is 5.82 Å². The van der Waals surface area contributed by atoms with Gasteiger partial charge in [-0.2, -0.15) is 17.5 Å². The molecular weight excluding hydrogens is 588 g/mol. The third kappa shape index (κ3) is 7.60. The topological polar surface area (TPSA) is 121 Å². The molecule has 0 spiro atoms. The average Bonchev–Trinajstić information content (AvgIpc) is 2.90. The zero-order chi connectivity index (χ0) is 30.8. The minimum absolute atomic E-state index is 0.104. The molecule has 14 heteroatoms. The number of carbonyl (C=O) groups is 1. The first kappa shape index (κ1) is 32.4. The van der Waals surface area contributed by atoms with Gasteiger partial charge in [-0.15, -0.1) is 0 Å². The van der Waals surface area contributed by atoms with Gasteiger partial charge in [0.2, 0.25) is 19.9 Å². The number of rotatable bonds is 10. The summed E-state index contributed by atoms with van der Waals surface area (Å²) in [4.78, 5) is 12.9. The van der Waals surface area contributed by atoms with Gasteiger partial charge >= 0.3 is 12.1 Å². The highest BCUT2D eigenvalue weighted by atomic mass is 32.2. The lowest BCUT2D eigenvalue weighted by Crippen LogP contribution is -2.40. The maximum absolute atomic E-state index is 13.8. The Balaban J connectivity index is 2.07. The molecule has 0 radical (unpaired) electrons. The Morgan fingerprint density at radius 1 is 1.10 bits per heavy atom. The molecule has 2 aromatic rings. The van der Waals surface area contributed by atoms with Gasteiger partial charge in [-0.05, 0) is 87.6 Å². The number of benzene rings is 2. The Morgan fingerprint density at radius 2 is 1.71 bits per heavy atom. The summed E-state index contributed by atoms with van der Waals surface area (Å²) in [5, 5.41) is 8.89. The summed E-state index contributed by atoms with van der Waals surface area (Å²) in [5.41, 5.74) is -0.117.